The fourth-order valence-corrected chi connectivity index (χ4v) is 1.24. The van der Waals surface area contributed by atoms with Gasteiger partial charge in [-0.2, -0.15) is 0 Å². The Morgan fingerprint density at radius 3 is 2.42 bits per heavy atom. The van der Waals surface area contributed by atoms with Crippen LogP contribution in [0.1, 0.15) is 33.6 Å². The molecule has 0 aromatic heterocycles. The van der Waals surface area contributed by atoms with Crippen molar-refractivity contribution in [3.05, 3.63) is 0 Å². The van der Waals surface area contributed by atoms with Crippen molar-refractivity contribution in [2.75, 3.05) is 6.61 Å². The van der Waals surface area contributed by atoms with Gasteiger partial charge in [-0.15, -0.1) is 0 Å². The maximum Gasteiger partial charge on any atom is 0.161 e. The van der Waals surface area contributed by atoms with Gasteiger partial charge >= 0.3 is 0 Å². The number of ketones is 1. The SMILES string of the molecule is CC(C)OCC(=O)C(C)C1CC1. The van der Waals surface area contributed by atoms with Crippen molar-refractivity contribution in [2.45, 2.75) is 39.7 Å². The van der Waals surface area contributed by atoms with Crippen LogP contribution in [0.4, 0.5) is 0 Å². The molecule has 1 atom stereocenters. The molecule has 1 aliphatic rings. The third-order valence-corrected chi connectivity index (χ3v) is 2.40. The second-order valence-corrected chi connectivity index (χ2v) is 3.95. The number of carbonyl (C=O) groups is 1. The standard InChI is InChI=1S/C10H18O2/c1-7(2)12-6-10(11)8(3)9-4-5-9/h7-9H,4-6H2,1-3H3. The zero-order valence-corrected chi connectivity index (χ0v) is 8.17. The summed E-state index contributed by atoms with van der Waals surface area (Å²) in [5, 5.41) is 0. The number of rotatable bonds is 5. The molecule has 0 aromatic carbocycles. The summed E-state index contributed by atoms with van der Waals surface area (Å²) in [6, 6.07) is 0. The summed E-state index contributed by atoms with van der Waals surface area (Å²) < 4.78 is 5.25. The zero-order valence-electron chi connectivity index (χ0n) is 8.17. The monoisotopic (exact) mass is 170 g/mol. The van der Waals surface area contributed by atoms with Crippen molar-refractivity contribution in [3.63, 3.8) is 0 Å². The fraction of sp³-hybridized carbons (Fsp3) is 0.900. The minimum Gasteiger partial charge on any atom is -0.371 e. The first-order valence-corrected chi connectivity index (χ1v) is 4.75. The quantitative estimate of drug-likeness (QED) is 0.631. The zero-order chi connectivity index (χ0) is 9.14. The first-order chi connectivity index (χ1) is 5.61. The van der Waals surface area contributed by atoms with Crippen LogP contribution in [0.3, 0.4) is 0 Å². The third kappa shape index (κ3) is 2.94. The maximum absolute atomic E-state index is 11.4. The van der Waals surface area contributed by atoms with Crippen LogP contribution in [0.5, 0.6) is 0 Å². The Morgan fingerprint density at radius 2 is 2.00 bits per heavy atom. The predicted octanol–water partition coefficient (Wildman–Crippen LogP) is 2.03. The van der Waals surface area contributed by atoms with Gasteiger partial charge in [0.25, 0.3) is 0 Å². The first-order valence-electron chi connectivity index (χ1n) is 4.75. The highest BCUT2D eigenvalue weighted by Crippen LogP contribution is 2.36. The Hall–Kier alpha value is -0.370. The van der Waals surface area contributed by atoms with Crippen molar-refractivity contribution in [3.8, 4) is 0 Å². The van der Waals surface area contributed by atoms with Gasteiger partial charge < -0.3 is 4.74 Å². The molecule has 1 saturated carbocycles. The molecule has 0 bridgehead atoms. The van der Waals surface area contributed by atoms with Crippen LogP contribution >= 0.6 is 0 Å². The average Bonchev–Trinajstić information content (AvgIpc) is 2.80. The molecule has 2 heteroatoms. The molecular formula is C10H18O2. The molecule has 1 rings (SSSR count). The van der Waals surface area contributed by atoms with E-state index in [1.165, 1.54) is 12.8 Å². The van der Waals surface area contributed by atoms with E-state index in [9.17, 15) is 4.79 Å². The van der Waals surface area contributed by atoms with E-state index >= 15 is 0 Å². The van der Waals surface area contributed by atoms with E-state index in [2.05, 4.69) is 0 Å². The van der Waals surface area contributed by atoms with Crippen LogP contribution < -0.4 is 0 Å². The minimum atomic E-state index is 0.167. The molecule has 12 heavy (non-hydrogen) atoms. The topological polar surface area (TPSA) is 26.3 Å². The molecule has 0 aromatic rings. The number of Topliss-reactive ketones (excluding diaryl/α,β-unsaturated/α-hetero) is 1. The van der Waals surface area contributed by atoms with Gasteiger partial charge in [-0.1, -0.05) is 6.92 Å². The minimum absolute atomic E-state index is 0.167. The second kappa shape index (κ2) is 4.04. The summed E-state index contributed by atoms with van der Waals surface area (Å²) in [7, 11) is 0. The van der Waals surface area contributed by atoms with E-state index in [0.29, 0.717) is 12.5 Å². The summed E-state index contributed by atoms with van der Waals surface area (Å²) in [5.74, 6) is 1.16. The Labute approximate surface area is 74.3 Å². The van der Waals surface area contributed by atoms with Gasteiger partial charge in [0, 0.05) is 5.92 Å². The van der Waals surface area contributed by atoms with Crippen LogP contribution in [0.2, 0.25) is 0 Å². The second-order valence-electron chi connectivity index (χ2n) is 3.95. The lowest BCUT2D eigenvalue weighted by molar-refractivity contribution is -0.129. The number of hydrogen-bond acceptors (Lipinski definition) is 2. The van der Waals surface area contributed by atoms with Gasteiger partial charge in [0.15, 0.2) is 5.78 Å². The van der Waals surface area contributed by atoms with Crippen LogP contribution in [0.25, 0.3) is 0 Å². The van der Waals surface area contributed by atoms with Gasteiger partial charge in [-0.25, -0.2) is 0 Å². The van der Waals surface area contributed by atoms with Crippen molar-refractivity contribution in [1.82, 2.24) is 0 Å². The normalized spacial score (nSPS) is 19.7. The lowest BCUT2D eigenvalue weighted by atomic mass is 10.0. The summed E-state index contributed by atoms with van der Waals surface area (Å²) in [6.07, 6.45) is 2.63. The molecule has 0 N–H and O–H groups in total. The highest BCUT2D eigenvalue weighted by Gasteiger charge is 2.32. The Morgan fingerprint density at radius 1 is 1.42 bits per heavy atom. The molecule has 0 saturated heterocycles. The molecule has 70 valence electrons. The van der Waals surface area contributed by atoms with Gasteiger partial charge in [0.2, 0.25) is 0 Å². The number of carbonyl (C=O) groups excluding carboxylic acids is 1. The first kappa shape index (κ1) is 9.72. The van der Waals surface area contributed by atoms with E-state index in [-0.39, 0.29) is 17.8 Å². The highest BCUT2D eigenvalue weighted by atomic mass is 16.5. The van der Waals surface area contributed by atoms with Crippen LogP contribution in [-0.2, 0) is 9.53 Å². The van der Waals surface area contributed by atoms with Crippen LogP contribution in [0, 0.1) is 11.8 Å². The Bertz CT molecular complexity index is 159. The number of hydrogen-bond donors (Lipinski definition) is 0. The van der Waals surface area contributed by atoms with Gasteiger partial charge in [0.05, 0.1) is 6.10 Å². The van der Waals surface area contributed by atoms with Crippen molar-refractivity contribution >= 4 is 5.78 Å². The van der Waals surface area contributed by atoms with Crippen molar-refractivity contribution in [1.29, 1.82) is 0 Å². The molecule has 0 amide bonds. The van der Waals surface area contributed by atoms with E-state index < -0.39 is 0 Å². The fourth-order valence-electron chi connectivity index (χ4n) is 1.24. The smallest absolute Gasteiger partial charge is 0.161 e. The molecular weight excluding hydrogens is 152 g/mol. The average molecular weight is 170 g/mol. The van der Waals surface area contributed by atoms with Crippen molar-refractivity contribution in [2.24, 2.45) is 11.8 Å². The van der Waals surface area contributed by atoms with E-state index in [1.807, 2.05) is 20.8 Å². The van der Waals surface area contributed by atoms with E-state index in [4.69, 9.17) is 4.74 Å². The molecule has 2 nitrogen and oxygen atoms in total. The molecule has 1 aliphatic carbocycles. The number of ether oxygens (including phenoxy) is 1. The Kier molecular flexibility index (Phi) is 3.27. The summed E-state index contributed by atoms with van der Waals surface area (Å²) >= 11 is 0. The molecule has 0 heterocycles. The van der Waals surface area contributed by atoms with Gasteiger partial charge in [0.1, 0.15) is 6.61 Å². The molecule has 0 spiro atoms. The highest BCUT2D eigenvalue weighted by molar-refractivity contribution is 5.82. The lowest BCUT2D eigenvalue weighted by Gasteiger charge is -2.10. The summed E-state index contributed by atoms with van der Waals surface area (Å²) in [5.41, 5.74) is 0. The lowest BCUT2D eigenvalue weighted by Crippen LogP contribution is -2.21. The molecule has 1 unspecified atom stereocenters. The molecule has 0 radical (unpaired) electrons. The third-order valence-electron chi connectivity index (χ3n) is 2.40. The largest absolute Gasteiger partial charge is 0.371 e. The van der Waals surface area contributed by atoms with E-state index in [1.54, 1.807) is 0 Å². The maximum atomic E-state index is 11.4. The molecule has 0 aliphatic heterocycles. The predicted molar refractivity (Wildman–Crippen MR) is 48.0 cm³/mol. The summed E-state index contributed by atoms with van der Waals surface area (Å²) in [6.45, 7) is 6.23. The Balaban J connectivity index is 2.17. The van der Waals surface area contributed by atoms with Crippen LogP contribution in [-0.4, -0.2) is 18.5 Å². The summed E-state index contributed by atoms with van der Waals surface area (Å²) in [4.78, 5) is 11.4. The van der Waals surface area contributed by atoms with Crippen molar-refractivity contribution < 1.29 is 9.53 Å². The van der Waals surface area contributed by atoms with E-state index in [0.717, 1.165) is 0 Å². The molecule has 1 fully saturated rings. The van der Waals surface area contributed by atoms with Gasteiger partial charge in [-0.05, 0) is 32.6 Å². The van der Waals surface area contributed by atoms with Crippen LogP contribution in [0.15, 0.2) is 0 Å². The van der Waals surface area contributed by atoms with Gasteiger partial charge in [-0.3, -0.25) is 4.79 Å².